The average molecular weight is 181 g/mol. The van der Waals surface area contributed by atoms with Crippen LogP contribution >= 0.6 is 0 Å². The Morgan fingerprint density at radius 3 is 2.31 bits per heavy atom. The van der Waals surface area contributed by atoms with Gasteiger partial charge in [0.2, 0.25) is 0 Å². The molecule has 0 aliphatic rings. The van der Waals surface area contributed by atoms with E-state index in [4.69, 9.17) is 5.73 Å². The van der Waals surface area contributed by atoms with Crippen molar-refractivity contribution in [1.82, 2.24) is 0 Å². The van der Waals surface area contributed by atoms with Crippen molar-refractivity contribution in [3.8, 4) is 0 Å². The highest BCUT2D eigenvalue weighted by molar-refractivity contribution is 5.26. The lowest BCUT2D eigenvalue weighted by Gasteiger charge is -2.16. The maximum atomic E-state index is 13.0. The smallest absolute Gasteiger partial charge is 0.123 e. The first-order valence-corrected chi connectivity index (χ1v) is 4.53. The Balaban J connectivity index is 3.01. The highest BCUT2D eigenvalue weighted by Gasteiger charge is 2.11. The second-order valence-electron chi connectivity index (χ2n) is 3.83. The predicted molar refractivity (Wildman–Crippen MR) is 52.9 cm³/mol. The quantitative estimate of drug-likeness (QED) is 0.746. The molecular formula is C11H16FN. The molecule has 1 atom stereocenters. The molecule has 0 fully saturated rings. The van der Waals surface area contributed by atoms with Gasteiger partial charge in [-0.3, -0.25) is 0 Å². The van der Waals surface area contributed by atoms with Crippen molar-refractivity contribution in [3.63, 3.8) is 0 Å². The molecule has 1 nitrogen and oxygen atoms in total. The number of halogens is 1. The molecule has 0 unspecified atom stereocenters. The molecule has 13 heavy (non-hydrogen) atoms. The van der Waals surface area contributed by atoms with Crippen LogP contribution in [0.1, 0.15) is 31.0 Å². The molecule has 1 aromatic rings. The number of benzene rings is 1. The maximum absolute atomic E-state index is 13.0. The van der Waals surface area contributed by atoms with Crippen LogP contribution in [0.4, 0.5) is 4.39 Å². The molecule has 0 saturated carbocycles. The topological polar surface area (TPSA) is 26.0 Å². The largest absolute Gasteiger partial charge is 0.324 e. The van der Waals surface area contributed by atoms with Gasteiger partial charge in [-0.1, -0.05) is 19.9 Å². The van der Waals surface area contributed by atoms with Crippen LogP contribution in [0.25, 0.3) is 0 Å². The first-order chi connectivity index (χ1) is 6.00. The van der Waals surface area contributed by atoms with Crippen molar-refractivity contribution in [2.24, 2.45) is 11.7 Å². The van der Waals surface area contributed by atoms with Gasteiger partial charge in [-0.2, -0.15) is 0 Å². The molecule has 0 aromatic heterocycles. The van der Waals surface area contributed by atoms with E-state index in [0.717, 1.165) is 11.1 Å². The molecule has 0 heterocycles. The summed E-state index contributed by atoms with van der Waals surface area (Å²) in [5.74, 6) is 0.132. The molecule has 0 bridgehead atoms. The van der Waals surface area contributed by atoms with Crippen LogP contribution in [0.15, 0.2) is 18.2 Å². The summed E-state index contributed by atoms with van der Waals surface area (Å²) in [7, 11) is 0. The predicted octanol–water partition coefficient (Wildman–Crippen LogP) is 2.79. The molecule has 0 saturated heterocycles. The third kappa shape index (κ3) is 2.52. The van der Waals surface area contributed by atoms with Crippen molar-refractivity contribution < 1.29 is 4.39 Å². The van der Waals surface area contributed by atoms with E-state index in [-0.39, 0.29) is 11.9 Å². The zero-order valence-corrected chi connectivity index (χ0v) is 8.34. The highest BCUT2D eigenvalue weighted by atomic mass is 19.1. The zero-order valence-electron chi connectivity index (χ0n) is 8.34. The van der Waals surface area contributed by atoms with Crippen LogP contribution < -0.4 is 5.73 Å². The summed E-state index contributed by atoms with van der Waals surface area (Å²) in [6, 6.07) is 4.89. The Kier molecular flexibility index (Phi) is 3.04. The third-order valence-corrected chi connectivity index (χ3v) is 2.17. The van der Waals surface area contributed by atoms with E-state index in [2.05, 4.69) is 0 Å². The lowest BCUT2D eigenvalue weighted by molar-refractivity contribution is 0.509. The van der Waals surface area contributed by atoms with Gasteiger partial charge in [0.15, 0.2) is 0 Å². The van der Waals surface area contributed by atoms with E-state index in [9.17, 15) is 4.39 Å². The second kappa shape index (κ2) is 3.88. The normalized spacial score (nSPS) is 13.4. The zero-order chi connectivity index (χ0) is 10.0. The van der Waals surface area contributed by atoms with Crippen molar-refractivity contribution in [2.75, 3.05) is 0 Å². The lowest BCUT2D eigenvalue weighted by atomic mass is 9.96. The highest BCUT2D eigenvalue weighted by Crippen LogP contribution is 2.20. The first kappa shape index (κ1) is 10.2. The summed E-state index contributed by atoms with van der Waals surface area (Å²) in [6.07, 6.45) is 0. The SMILES string of the molecule is Cc1cc(F)cc([C@H](N)C(C)C)c1. The fourth-order valence-corrected chi connectivity index (χ4v) is 1.34. The third-order valence-electron chi connectivity index (χ3n) is 2.17. The molecule has 72 valence electrons. The maximum Gasteiger partial charge on any atom is 0.123 e. The molecule has 0 spiro atoms. The molecule has 0 radical (unpaired) electrons. The molecule has 2 N–H and O–H groups in total. The van der Waals surface area contributed by atoms with E-state index >= 15 is 0 Å². The molecule has 1 aromatic carbocycles. The summed E-state index contributed by atoms with van der Waals surface area (Å²) in [5, 5.41) is 0. The van der Waals surface area contributed by atoms with E-state index in [1.54, 1.807) is 0 Å². The number of rotatable bonds is 2. The standard InChI is InChI=1S/C11H16FN/c1-7(2)11(13)9-4-8(3)5-10(12)6-9/h4-7,11H,13H2,1-3H3/t11-/m1/s1. The summed E-state index contributed by atoms with van der Waals surface area (Å²) >= 11 is 0. The van der Waals surface area contributed by atoms with Gasteiger partial charge in [0.05, 0.1) is 0 Å². The van der Waals surface area contributed by atoms with E-state index in [1.165, 1.54) is 12.1 Å². The van der Waals surface area contributed by atoms with Crippen LogP contribution in [0.2, 0.25) is 0 Å². The van der Waals surface area contributed by atoms with Gasteiger partial charge in [0.25, 0.3) is 0 Å². The number of aryl methyl sites for hydroxylation is 1. The summed E-state index contributed by atoms with van der Waals surface area (Å²) in [6.45, 7) is 5.94. The lowest BCUT2D eigenvalue weighted by Crippen LogP contribution is -2.16. The van der Waals surface area contributed by atoms with Gasteiger partial charge in [0, 0.05) is 6.04 Å². The number of hydrogen-bond donors (Lipinski definition) is 1. The van der Waals surface area contributed by atoms with Crippen molar-refractivity contribution in [1.29, 1.82) is 0 Å². The summed E-state index contributed by atoms with van der Waals surface area (Å²) in [4.78, 5) is 0. The van der Waals surface area contributed by atoms with Crippen LogP contribution in [-0.2, 0) is 0 Å². The van der Waals surface area contributed by atoms with E-state index in [1.807, 2.05) is 26.8 Å². The Hall–Kier alpha value is -0.890. The summed E-state index contributed by atoms with van der Waals surface area (Å²) < 4.78 is 13.0. The molecular weight excluding hydrogens is 165 g/mol. The van der Waals surface area contributed by atoms with E-state index in [0.29, 0.717) is 5.92 Å². The second-order valence-corrected chi connectivity index (χ2v) is 3.83. The van der Waals surface area contributed by atoms with Crippen molar-refractivity contribution >= 4 is 0 Å². The van der Waals surface area contributed by atoms with Gasteiger partial charge in [-0.05, 0) is 36.1 Å². The molecule has 0 amide bonds. The van der Waals surface area contributed by atoms with Crippen LogP contribution in [0, 0.1) is 18.7 Å². The average Bonchev–Trinajstić information content (AvgIpc) is 2.01. The van der Waals surface area contributed by atoms with Crippen LogP contribution in [0.5, 0.6) is 0 Å². The minimum absolute atomic E-state index is 0.0746. The molecule has 0 aliphatic heterocycles. The van der Waals surface area contributed by atoms with Gasteiger partial charge in [-0.25, -0.2) is 4.39 Å². The Morgan fingerprint density at radius 1 is 1.23 bits per heavy atom. The van der Waals surface area contributed by atoms with Gasteiger partial charge >= 0.3 is 0 Å². The van der Waals surface area contributed by atoms with Gasteiger partial charge in [0.1, 0.15) is 5.82 Å². The fraction of sp³-hybridized carbons (Fsp3) is 0.455. The molecule has 2 heteroatoms. The van der Waals surface area contributed by atoms with Gasteiger partial charge < -0.3 is 5.73 Å². The minimum Gasteiger partial charge on any atom is -0.324 e. The number of hydrogen-bond acceptors (Lipinski definition) is 1. The molecule has 1 rings (SSSR count). The Labute approximate surface area is 78.8 Å². The van der Waals surface area contributed by atoms with E-state index < -0.39 is 0 Å². The van der Waals surface area contributed by atoms with Crippen LogP contribution in [-0.4, -0.2) is 0 Å². The van der Waals surface area contributed by atoms with Gasteiger partial charge in [-0.15, -0.1) is 0 Å². The fourth-order valence-electron chi connectivity index (χ4n) is 1.34. The molecule has 0 aliphatic carbocycles. The monoisotopic (exact) mass is 181 g/mol. The number of nitrogens with two attached hydrogens (primary N) is 1. The summed E-state index contributed by atoms with van der Waals surface area (Å²) in [5.41, 5.74) is 7.71. The Morgan fingerprint density at radius 2 is 1.85 bits per heavy atom. The minimum atomic E-state index is -0.203. The van der Waals surface area contributed by atoms with Crippen molar-refractivity contribution in [2.45, 2.75) is 26.8 Å². The first-order valence-electron chi connectivity index (χ1n) is 4.53. The van der Waals surface area contributed by atoms with Crippen LogP contribution in [0.3, 0.4) is 0 Å². The Bertz CT molecular complexity index is 274. The van der Waals surface area contributed by atoms with Crippen molar-refractivity contribution in [3.05, 3.63) is 35.1 Å².